The molecule has 5 nitrogen and oxygen atoms in total. The Morgan fingerprint density at radius 3 is 3.09 bits per heavy atom. The lowest BCUT2D eigenvalue weighted by atomic mass is 9.91. The number of nitrogens with one attached hydrogen (secondary N) is 2. The fourth-order valence-corrected chi connectivity index (χ4v) is 3.35. The quantitative estimate of drug-likeness (QED) is 0.777. The zero-order valence-electron chi connectivity index (χ0n) is 12.9. The van der Waals surface area contributed by atoms with E-state index in [0.29, 0.717) is 5.76 Å². The van der Waals surface area contributed by atoms with Crippen LogP contribution in [0, 0.1) is 0 Å². The molecular formula is C18H18N2O3. The first-order valence-electron chi connectivity index (χ1n) is 7.79. The third-order valence-corrected chi connectivity index (χ3v) is 4.46. The number of carbonyl (C=O) groups is 1. The highest BCUT2D eigenvalue weighted by molar-refractivity contribution is 5.92. The molecule has 0 unspecified atom stereocenters. The summed E-state index contributed by atoms with van der Waals surface area (Å²) in [6.45, 7) is 0. The lowest BCUT2D eigenvalue weighted by molar-refractivity contribution is 0.0904. The average Bonchev–Trinajstić information content (AvgIpc) is 3.22. The van der Waals surface area contributed by atoms with Gasteiger partial charge in [-0.3, -0.25) is 4.79 Å². The Kier molecular flexibility index (Phi) is 3.33. The van der Waals surface area contributed by atoms with Gasteiger partial charge in [0.1, 0.15) is 5.75 Å². The largest absolute Gasteiger partial charge is 0.497 e. The standard InChI is InChI=1S/C18H18N2O3/c1-22-11-7-8-14-13(10-11)12-4-2-5-15(17(12)19-14)20-18(21)16-6-3-9-23-16/h3,6-10,15,19H,2,4-5H2,1H3,(H,20,21)/t15-/m0/s1. The van der Waals surface area contributed by atoms with E-state index in [0.717, 1.165) is 36.2 Å². The van der Waals surface area contributed by atoms with Gasteiger partial charge < -0.3 is 19.5 Å². The molecular weight excluding hydrogens is 292 g/mol. The molecule has 1 aliphatic rings. The molecule has 2 heterocycles. The minimum atomic E-state index is -0.177. The molecule has 1 amide bonds. The molecule has 0 radical (unpaired) electrons. The van der Waals surface area contributed by atoms with Crippen LogP contribution in [0.1, 0.15) is 40.7 Å². The first-order chi connectivity index (χ1) is 11.3. The molecule has 1 atom stereocenters. The Balaban J connectivity index is 1.69. The van der Waals surface area contributed by atoms with Crippen molar-refractivity contribution in [2.24, 2.45) is 0 Å². The predicted molar refractivity (Wildman–Crippen MR) is 86.7 cm³/mol. The van der Waals surface area contributed by atoms with Crippen molar-refractivity contribution in [3.05, 3.63) is 53.6 Å². The van der Waals surface area contributed by atoms with E-state index in [9.17, 15) is 4.79 Å². The Hall–Kier alpha value is -2.69. The molecule has 0 aliphatic heterocycles. The molecule has 0 saturated heterocycles. The van der Waals surface area contributed by atoms with Crippen LogP contribution in [-0.4, -0.2) is 18.0 Å². The van der Waals surface area contributed by atoms with Crippen LogP contribution in [-0.2, 0) is 6.42 Å². The minimum Gasteiger partial charge on any atom is -0.497 e. The number of benzene rings is 1. The summed E-state index contributed by atoms with van der Waals surface area (Å²) in [7, 11) is 1.67. The number of carbonyl (C=O) groups excluding carboxylic acids is 1. The second kappa shape index (κ2) is 5.50. The zero-order valence-corrected chi connectivity index (χ0v) is 12.9. The van der Waals surface area contributed by atoms with Gasteiger partial charge in [0.25, 0.3) is 5.91 Å². The van der Waals surface area contributed by atoms with Crippen LogP contribution in [0.15, 0.2) is 41.0 Å². The summed E-state index contributed by atoms with van der Waals surface area (Å²) in [6.07, 6.45) is 4.48. The average molecular weight is 310 g/mol. The number of aromatic nitrogens is 1. The van der Waals surface area contributed by atoms with Gasteiger partial charge in [-0.25, -0.2) is 0 Å². The van der Waals surface area contributed by atoms with Crippen LogP contribution >= 0.6 is 0 Å². The van der Waals surface area contributed by atoms with Crippen LogP contribution in [0.25, 0.3) is 10.9 Å². The molecule has 0 spiro atoms. The maximum Gasteiger partial charge on any atom is 0.287 e. The van der Waals surface area contributed by atoms with Crippen molar-refractivity contribution in [2.45, 2.75) is 25.3 Å². The summed E-state index contributed by atoms with van der Waals surface area (Å²) in [6, 6.07) is 9.40. The first kappa shape index (κ1) is 13.9. The van der Waals surface area contributed by atoms with E-state index in [-0.39, 0.29) is 11.9 Å². The number of hydrogen-bond donors (Lipinski definition) is 2. The van der Waals surface area contributed by atoms with Crippen LogP contribution in [0.2, 0.25) is 0 Å². The van der Waals surface area contributed by atoms with Crippen molar-refractivity contribution >= 4 is 16.8 Å². The van der Waals surface area contributed by atoms with Gasteiger partial charge in [0.05, 0.1) is 19.4 Å². The van der Waals surface area contributed by atoms with Gasteiger partial charge in [0.15, 0.2) is 5.76 Å². The highest BCUT2D eigenvalue weighted by Gasteiger charge is 2.26. The number of aryl methyl sites for hydroxylation is 1. The van der Waals surface area contributed by atoms with Crippen molar-refractivity contribution in [1.82, 2.24) is 10.3 Å². The monoisotopic (exact) mass is 310 g/mol. The molecule has 0 fully saturated rings. The minimum absolute atomic E-state index is 0.0188. The predicted octanol–water partition coefficient (Wildman–Crippen LogP) is 3.58. The van der Waals surface area contributed by atoms with Crippen LogP contribution in [0.5, 0.6) is 5.75 Å². The van der Waals surface area contributed by atoms with Crippen LogP contribution in [0.3, 0.4) is 0 Å². The summed E-state index contributed by atoms with van der Waals surface area (Å²) in [5.74, 6) is 1.01. The normalized spacial score (nSPS) is 17.0. The van der Waals surface area contributed by atoms with Gasteiger partial charge in [-0.1, -0.05) is 0 Å². The molecule has 118 valence electrons. The maximum absolute atomic E-state index is 12.3. The summed E-state index contributed by atoms with van der Waals surface area (Å²) in [5.41, 5.74) is 3.45. The summed E-state index contributed by atoms with van der Waals surface area (Å²) >= 11 is 0. The molecule has 5 heteroatoms. The van der Waals surface area contributed by atoms with E-state index >= 15 is 0 Å². The Morgan fingerprint density at radius 2 is 2.30 bits per heavy atom. The molecule has 23 heavy (non-hydrogen) atoms. The topological polar surface area (TPSA) is 67.3 Å². The number of furan rings is 1. The molecule has 2 N–H and O–H groups in total. The Labute approximate surface area is 133 Å². The van der Waals surface area contributed by atoms with E-state index in [1.165, 1.54) is 17.2 Å². The number of fused-ring (bicyclic) bond motifs is 3. The van der Waals surface area contributed by atoms with Gasteiger partial charge in [-0.15, -0.1) is 0 Å². The number of aromatic amines is 1. The van der Waals surface area contributed by atoms with E-state index in [1.54, 1.807) is 19.2 Å². The summed E-state index contributed by atoms with van der Waals surface area (Å²) in [5, 5.41) is 4.25. The molecule has 3 aromatic rings. The van der Waals surface area contributed by atoms with Crippen LogP contribution in [0.4, 0.5) is 0 Å². The SMILES string of the molecule is COc1ccc2[nH]c3c(c2c1)CCC[C@@H]3NC(=O)c1ccco1. The van der Waals surface area contributed by atoms with Gasteiger partial charge in [0.2, 0.25) is 0 Å². The number of methoxy groups -OCH3 is 1. The molecule has 0 saturated carbocycles. The van der Waals surface area contributed by atoms with Crippen molar-refractivity contribution in [2.75, 3.05) is 7.11 Å². The van der Waals surface area contributed by atoms with Crippen LogP contribution < -0.4 is 10.1 Å². The lowest BCUT2D eigenvalue weighted by Gasteiger charge is -2.23. The summed E-state index contributed by atoms with van der Waals surface area (Å²) < 4.78 is 10.5. The molecule has 4 rings (SSSR count). The van der Waals surface area contributed by atoms with E-state index in [1.807, 2.05) is 12.1 Å². The Bertz CT molecular complexity index is 849. The van der Waals surface area contributed by atoms with Gasteiger partial charge in [-0.05, 0) is 55.2 Å². The van der Waals surface area contributed by atoms with Crippen molar-refractivity contribution < 1.29 is 13.9 Å². The highest BCUT2D eigenvalue weighted by Crippen LogP contribution is 2.36. The third-order valence-electron chi connectivity index (χ3n) is 4.46. The number of rotatable bonds is 3. The number of amides is 1. The number of ether oxygens (including phenoxy) is 1. The maximum atomic E-state index is 12.3. The fraction of sp³-hybridized carbons (Fsp3) is 0.278. The second-order valence-electron chi connectivity index (χ2n) is 5.82. The Morgan fingerprint density at radius 1 is 1.39 bits per heavy atom. The first-order valence-corrected chi connectivity index (χ1v) is 7.79. The van der Waals surface area contributed by atoms with Crippen molar-refractivity contribution in [3.8, 4) is 5.75 Å². The number of hydrogen-bond acceptors (Lipinski definition) is 3. The van der Waals surface area contributed by atoms with Crippen molar-refractivity contribution in [3.63, 3.8) is 0 Å². The highest BCUT2D eigenvalue weighted by atomic mass is 16.5. The van der Waals surface area contributed by atoms with Gasteiger partial charge in [-0.2, -0.15) is 0 Å². The van der Waals surface area contributed by atoms with Gasteiger partial charge in [0, 0.05) is 16.6 Å². The smallest absolute Gasteiger partial charge is 0.287 e. The fourth-order valence-electron chi connectivity index (χ4n) is 3.35. The van der Waals surface area contributed by atoms with Crippen molar-refractivity contribution in [1.29, 1.82) is 0 Å². The summed E-state index contributed by atoms with van der Waals surface area (Å²) in [4.78, 5) is 15.7. The lowest BCUT2D eigenvalue weighted by Crippen LogP contribution is -2.30. The van der Waals surface area contributed by atoms with E-state index in [4.69, 9.17) is 9.15 Å². The second-order valence-corrected chi connectivity index (χ2v) is 5.82. The zero-order chi connectivity index (χ0) is 15.8. The molecule has 0 bridgehead atoms. The van der Waals surface area contributed by atoms with E-state index < -0.39 is 0 Å². The molecule has 2 aromatic heterocycles. The van der Waals surface area contributed by atoms with Gasteiger partial charge >= 0.3 is 0 Å². The number of H-pyrrole nitrogens is 1. The molecule has 1 aliphatic carbocycles. The van der Waals surface area contributed by atoms with E-state index in [2.05, 4.69) is 16.4 Å². The third kappa shape index (κ3) is 2.38. The molecule has 1 aromatic carbocycles.